The molecule has 2 N–H and O–H groups in total. The van der Waals surface area contributed by atoms with Crippen molar-refractivity contribution in [3.05, 3.63) is 22.7 Å². The molecule has 0 aliphatic carbocycles. The van der Waals surface area contributed by atoms with E-state index >= 15 is 0 Å². The topological polar surface area (TPSA) is 50.4 Å². The van der Waals surface area contributed by atoms with Gasteiger partial charge in [0, 0.05) is 23.2 Å². The van der Waals surface area contributed by atoms with Gasteiger partial charge in [0.2, 0.25) is 5.91 Å². The second-order valence-electron chi connectivity index (χ2n) is 5.68. The lowest BCUT2D eigenvalue weighted by atomic mass is 9.88. The molecule has 0 radical (unpaired) electrons. The van der Waals surface area contributed by atoms with Crippen molar-refractivity contribution in [2.24, 2.45) is 5.92 Å². The number of amides is 1. The number of hydrogen-bond acceptors (Lipinski definition) is 3. The summed E-state index contributed by atoms with van der Waals surface area (Å²) in [4.78, 5) is 12.4. The molecular formula is C15H19ClN2O2. The molecule has 4 nitrogen and oxygen atoms in total. The fourth-order valence-electron chi connectivity index (χ4n) is 3.27. The third-order valence-corrected chi connectivity index (χ3v) is 4.78. The minimum Gasteiger partial charge on any atom is -0.495 e. The lowest BCUT2D eigenvalue weighted by Crippen LogP contribution is -2.32. The molecule has 2 heterocycles. The van der Waals surface area contributed by atoms with Gasteiger partial charge in [0.1, 0.15) is 5.75 Å². The lowest BCUT2D eigenvalue weighted by Gasteiger charge is -2.20. The number of anilines is 1. The maximum Gasteiger partial charge on any atom is 0.229 e. The molecule has 2 bridgehead atoms. The highest BCUT2D eigenvalue weighted by atomic mass is 35.5. The second-order valence-corrected chi connectivity index (χ2v) is 6.09. The van der Waals surface area contributed by atoms with Gasteiger partial charge < -0.3 is 15.4 Å². The first-order chi connectivity index (χ1) is 9.58. The highest BCUT2D eigenvalue weighted by Gasteiger charge is 2.42. The van der Waals surface area contributed by atoms with Crippen molar-refractivity contribution in [2.75, 3.05) is 12.4 Å². The van der Waals surface area contributed by atoms with E-state index in [4.69, 9.17) is 16.3 Å². The molecular weight excluding hydrogens is 276 g/mol. The first kappa shape index (κ1) is 13.7. The smallest absolute Gasteiger partial charge is 0.229 e. The number of carbonyl (C=O) groups is 1. The van der Waals surface area contributed by atoms with Crippen LogP contribution in [0.15, 0.2) is 12.1 Å². The van der Waals surface area contributed by atoms with Gasteiger partial charge in [-0.2, -0.15) is 0 Å². The minimum absolute atomic E-state index is 0.0643. The summed E-state index contributed by atoms with van der Waals surface area (Å²) in [5.41, 5.74) is 1.62. The average molecular weight is 295 g/mol. The van der Waals surface area contributed by atoms with Gasteiger partial charge in [-0.15, -0.1) is 0 Å². The van der Waals surface area contributed by atoms with Crippen LogP contribution in [0, 0.1) is 12.8 Å². The maximum absolute atomic E-state index is 12.4. The zero-order chi connectivity index (χ0) is 14.3. The van der Waals surface area contributed by atoms with Crippen LogP contribution in [0.25, 0.3) is 0 Å². The highest BCUT2D eigenvalue weighted by Crippen LogP contribution is 2.36. The van der Waals surface area contributed by atoms with Gasteiger partial charge >= 0.3 is 0 Å². The third kappa shape index (κ3) is 2.38. The van der Waals surface area contributed by atoms with Crippen LogP contribution in [-0.4, -0.2) is 25.1 Å². The van der Waals surface area contributed by atoms with Crippen molar-refractivity contribution in [3.8, 4) is 5.75 Å². The van der Waals surface area contributed by atoms with Crippen LogP contribution in [0.1, 0.15) is 24.8 Å². The van der Waals surface area contributed by atoms with Crippen molar-refractivity contribution in [3.63, 3.8) is 0 Å². The number of ether oxygens (including phenoxy) is 1. The van der Waals surface area contributed by atoms with Gasteiger partial charge in [-0.25, -0.2) is 0 Å². The van der Waals surface area contributed by atoms with Crippen molar-refractivity contribution in [2.45, 2.75) is 38.3 Å². The number of rotatable bonds is 3. The molecule has 2 saturated heterocycles. The Labute approximate surface area is 123 Å². The van der Waals surface area contributed by atoms with Crippen LogP contribution in [-0.2, 0) is 4.79 Å². The molecule has 5 heteroatoms. The molecule has 3 unspecified atom stereocenters. The van der Waals surface area contributed by atoms with E-state index in [9.17, 15) is 4.79 Å². The molecule has 20 heavy (non-hydrogen) atoms. The summed E-state index contributed by atoms with van der Waals surface area (Å²) in [6.45, 7) is 1.91. The predicted molar refractivity (Wildman–Crippen MR) is 79.4 cm³/mol. The number of hydrogen-bond donors (Lipinski definition) is 2. The van der Waals surface area contributed by atoms with Crippen LogP contribution < -0.4 is 15.4 Å². The quantitative estimate of drug-likeness (QED) is 0.901. The Kier molecular flexibility index (Phi) is 3.61. The molecule has 0 spiro atoms. The third-order valence-electron chi connectivity index (χ3n) is 4.38. The summed E-state index contributed by atoms with van der Waals surface area (Å²) in [6, 6.07) is 4.45. The van der Waals surface area contributed by atoms with Gasteiger partial charge in [0.05, 0.1) is 18.7 Å². The number of halogens is 1. The van der Waals surface area contributed by atoms with Gasteiger partial charge in [-0.1, -0.05) is 11.6 Å². The molecule has 0 saturated carbocycles. The van der Waals surface area contributed by atoms with Gasteiger partial charge in [0.25, 0.3) is 0 Å². The van der Waals surface area contributed by atoms with Crippen molar-refractivity contribution < 1.29 is 9.53 Å². The normalized spacial score (nSPS) is 27.6. The Morgan fingerprint density at radius 3 is 2.85 bits per heavy atom. The largest absolute Gasteiger partial charge is 0.495 e. The summed E-state index contributed by atoms with van der Waals surface area (Å²) in [5.74, 6) is 0.740. The summed E-state index contributed by atoms with van der Waals surface area (Å²) >= 11 is 6.08. The monoisotopic (exact) mass is 294 g/mol. The molecule has 2 aliphatic heterocycles. The standard InChI is InChI=1S/C15H19ClN2O2/c1-8-5-13(14(20-2)7-11(8)16)18-15(19)10-6-9-3-4-12(10)17-9/h5,7,9-10,12,17H,3-4,6H2,1-2H3,(H,18,19). The summed E-state index contributed by atoms with van der Waals surface area (Å²) in [6.07, 6.45) is 3.22. The molecule has 2 aliphatic rings. The number of benzene rings is 1. The minimum atomic E-state index is 0.0643. The molecule has 1 aromatic carbocycles. The average Bonchev–Trinajstić information content (AvgIpc) is 3.05. The zero-order valence-corrected chi connectivity index (χ0v) is 12.5. The van der Waals surface area contributed by atoms with Crippen LogP contribution >= 0.6 is 11.6 Å². The molecule has 3 atom stereocenters. The van der Waals surface area contributed by atoms with Gasteiger partial charge in [0.15, 0.2) is 0 Å². The SMILES string of the molecule is COc1cc(Cl)c(C)cc1NC(=O)C1CC2CCC1N2. The maximum atomic E-state index is 12.4. The van der Waals surface area contributed by atoms with E-state index in [2.05, 4.69) is 10.6 Å². The van der Waals surface area contributed by atoms with E-state index in [0.29, 0.717) is 28.5 Å². The zero-order valence-electron chi connectivity index (χ0n) is 11.7. The van der Waals surface area contributed by atoms with Crippen LogP contribution in [0.2, 0.25) is 5.02 Å². The Hall–Kier alpha value is -1.26. The number of nitrogens with one attached hydrogen (secondary N) is 2. The Morgan fingerprint density at radius 1 is 1.45 bits per heavy atom. The molecule has 3 rings (SSSR count). The highest BCUT2D eigenvalue weighted by molar-refractivity contribution is 6.31. The van der Waals surface area contributed by atoms with Crippen LogP contribution in [0.3, 0.4) is 0 Å². The van der Waals surface area contributed by atoms with E-state index < -0.39 is 0 Å². The number of carbonyl (C=O) groups excluding carboxylic acids is 1. The van der Waals surface area contributed by atoms with Crippen LogP contribution in [0.5, 0.6) is 5.75 Å². The van der Waals surface area contributed by atoms with E-state index in [0.717, 1.165) is 18.4 Å². The summed E-state index contributed by atoms with van der Waals surface area (Å²) < 4.78 is 5.29. The van der Waals surface area contributed by atoms with E-state index in [1.165, 1.54) is 6.42 Å². The van der Waals surface area contributed by atoms with E-state index in [-0.39, 0.29) is 11.8 Å². The summed E-state index contributed by atoms with van der Waals surface area (Å²) in [7, 11) is 1.58. The molecule has 108 valence electrons. The Balaban J connectivity index is 1.77. The fraction of sp³-hybridized carbons (Fsp3) is 0.533. The van der Waals surface area contributed by atoms with E-state index in [1.54, 1.807) is 13.2 Å². The van der Waals surface area contributed by atoms with Crippen LogP contribution in [0.4, 0.5) is 5.69 Å². The Morgan fingerprint density at radius 2 is 2.25 bits per heavy atom. The molecule has 0 aromatic heterocycles. The molecule has 2 fully saturated rings. The predicted octanol–water partition coefficient (Wildman–Crippen LogP) is 2.74. The van der Waals surface area contributed by atoms with Crippen molar-refractivity contribution >= 4 is 23.2 Å². The van der Waals surface area contributed by atoms with E-state index in [1.807, 2.05) is 13.0 Å². The Bertz CT molecular complexity index is 547. The first-order valence-corrected chi connectivity index (χ1v) is 7.37. The first-order valence-electron chi connectivity index (χ1n) is 6.99. The summed E-state index contributed by atoms with van der Waals surface area (Å²) in [5, 5.41) is 7.11. The van der Waals surface area contributed by atoms with Gasteiger partial charge in [-0.3, -0.25) is 4.79 Å². The van der Waals surface area contributed by atoms with Crippen molar-refractivity contribution in [1.82, 2.24) is 5.32 Å². The lowest BCUT2D eigenvalue weighted by molar-refractivity contribution is -0.120. The fourth-order valence-corrected chi connectivity index (χ4v) is 3.42. The number of aryl methyl sites for hydroxylation is 1. The van der Waals surface area contributed by atoms with Crippen molar-refractivity contribution in [1.29, 1.82) is 0 Å². The number of methoxy groups -OCH3 is 1. The second kappa shape index (κ2) is 5.26. The molecule has 1 aromatic rings. The van der Waals surface area contributed by atoms with Gasteiger partial charge in [-0.05, 0) is 37.8 Å². The molecule has 1 amide bonds. The number of fused-ring (bicyclic) bond motifs is 2.